The molecule has 3 aromatic rings. The summed E-state index contributed by atoms with van der Waals surface area (Å²) in [7, 11) is 0. The van der Waals surface area contributed by atoms with Gasteiger partial charge in [0.15, 0.2) is 17.1 Å². The quantitative estimate of drug-likeness (QED) is 0.358. The van der Waals surface area contributed by atoms with Gasteiger partial charge in [-0.2, -0.15) is 0 Å². The molecule has 9 heteroatoms. The highest BCUT2D eigenvalue weighted by atomic mass is 16.7. The number of esters is 1. The lowest BCUT2D eigenvalue weighted by molar-refractivity contribution is -0.172. The molecular weight excluding hydrogens is 390 g/mol. The normalized spacial score (nSPS) is 20.7. The van der Waals surface area contributed by atoms with Crippen molar-refractivity contribution in [3.05, 3.63) is 45.2 Å². The van der Waals surface area contributed by atoms with Crippen LogP contribution < -0.4 is 20.8 Å². The molecule has 0 saturated heterocycles. The van der Waals surface area contributed by atoms with E-state index in [9.17, 15) is 14.7 Å². The molecule has 30 heavy (non-hydrogen) atoms. The Morgan fingerprint density at radius 3 is 2.87 bits per heavy atom. The third-order valence-electron chi connectivity index (χ3n) is 6.19. The second kappa shape index (κ2) is 5.51. The third-order valence-corrected chi connectivity index (χ3v) is 6.19. The highest BCUT2D eigenvalue weighted by molar-refractivity contribution is 5.98. The van der Waals surface area contributed by atoms with Crippen LogP contribution in [0.1, 0.15) is 30.0 Å². The van der Waals surface area contributed by atoms with Gasteiger partial charge >= 0.3 is 5.97 Å². The molecule has 0 radical (unpaired) electrons. The van der Waals surface area contributed by atoms with Crippen LogP contribution in [0.4, 0.5) is 5.69 Å². The zero-order valence-electron chi connectivity index (χ0n) is 16.0. The van der Waals surface area contributed by atoms with E-state index in [0.717, 1.165) is 5.56 Å². The number of hydrogen-bond donors (Lipinski definition) is 2. The predicted octanol–water partition coefficient (Wildman–Crippen LogP) is 1.39. The summed E-state index contributed by atoms with van der Waals surface area (Å²) < 4.78 is 17.6. The number of aliphatic hydroxyl groups is 1. The van der Waals surface area contributed by atoms with Crippen molar-refractivity contribution >= 4 is 22.6 Å². The number of benzene rings is 1. The maximum atomic E-state index is 13.2. The molecule has 9 nitrogen and oxygen atoms in total. The van der Waals surface area contributed by atoms with E-state index in [1.54, 1.807) is 23.6 Å². The molecule has 6 rings (SSSR count). The maximum Gasteiger partial charge on any atom is 0.343 e. The molecule has 0 fully saturated rings. The molecular formula is C21H17N3O6. The first kappa shape index (κ1) is 17.3. The Bertz CT molecular complexity index is 1360. The molecule has 2 aromatic heterocycles. The van der Waals surface area contributed by atoms with Crippen molar-refractivity contribution in [2.45, 2.75) is 32.1 Å². The molecule has 5 heterocycles. The minimum absolute atomic E-state index is 0.0970. The number of fused-ring (bicyclic) bond motifs is 6. The van der Waals surface area contributed by atoms with Crippen molar-refractivity contribution in [1.82, 2.24) is 9.55 Å². The molecule has 0 bridgehead atoms. The van der Waals surface area contributed by atoms with E-state index in [1.165, 1.54) is 0 Å². The Balaban J connectivity index is 1.62. The van der Waals surface area contributed by atoms with Crippen LogP contribution in [0.15, 0.2) is 23.0 Å². The van der Waals surface area contributed by atoms with Crippen LogP contribution in [0.2, 0.25) is 0 Å². The number of carbonyl (C=O) groups excluding carboxylic acids is 1. The van der Waals surface area contributed by atoms with Crippen LogP contribution in [0.25, 0.3) is 22.3 Å². The first-order valence-electron chi connectivity index (χ1n) is 9.61. The van der Waals surface area contributed by atoms with Crippen molar-refractivity contribution in [2.75, 3.05) is 12.5 Å². The van der Waals surface area contributed by atoms with Crippen LogP contribution in [-0.2, 0) is 28.3 Å². The number of anilines is 1. The zero-order valence-corrected chi connectivity index (χ0v) is 16.0. The Kier molecular flexibility index (Phi) is 3.18. The molecule has 0 unspecified atom stereocenters. The summed E-state index contributed by atoms with van der Waals surface area (Å²) in [6.07, 6.45) is 0.0970. The largest absolute Gasteiger partial charge is 0.458 e. The smallest absolute Gasteiger partial charge is 0.343 e. The van der Waals surface area contributed by atoms with Gasteiger partial charge in [0.1, 0.15) is 6.61 Å². The summed E-state index contributed by atoms with van der Waals surface area (Å²) in [5.41, 5.74) is 7.73. The van der Waals surface area contributed by atoms with Gasteiger partial charge in [-0.3, -0.25) is 4.79 Å². The zero-order chi connectivity index (χ0) is 20.8. The van der Waals surface area contributed by atoms with Crippen LogP contribution in [0.3, 0.4) is 0 Å². The van der Waals surface area contributed by atoms with Crippen LogP contribution in [-0.4, -0.2) is 27.4 Å². The Morgan fingerprint density at radius 2 is 2.07 bits per heavy atom. The number of cyclic esters (lactones) is 1. The minimum Gasteiger partial charge on any atom is -0.458 e. The van der Waals surface area contributed by atoms with Crippen molar-refractivity contribution in [1.29, 1.82) is 0 Å². The van der Waals surface area contributed by atoms with Crippen molar-refractivity contribution in [2.24, 2.45) is 0 Å². The highest BCUT2D eigenvalue weighted by Crippen LogP contribution is 2.45. The summed E-state index contributed by atoms with van der Waals surface area (Å²) in [6, 6.07) is 5.34. The number of nitrogens with two attached hydrogens (primary N) is 1. The van der Waals surface area contributed by atoms with E-state index in [-0.39, 0.29) is 30.9 Å². The summed E-state index contributed by atoms with van der Waals surface area (Å²) >= 11 is 0. The number of ether oxygens (including phenoxy) is 3. The Labute approximate surface area is 169 Å². The van der Waals surface area contributed by atoms with Crippen LogP contribution in [0.5, 0.6) is 11.5 Å². The fourth-order valence-electron chi connectivity index (χ4n) is 4.51. The van der Waals surface area contributed by atoms with Gasteiger partial charge in [0, 0.05) is 22.6 Å². The third kappa shape index (κ3) is 1.97. The van der Waals surface area contributed by atoms with Crippen LogP contribution in [0, 0.1) is 0 Å². The molecule has 152 valence electrons. The second-order valence-corrected chi connectivity index (χ2v) is 7.69. The Hall–Kier alpha value is -3.59. The first-order chi connectivity index (χ1) is 14.4. The number of rotatable bonds is 1. The summed E-state index contributed by atoms with van der Waals surface area (Å²) in [5.74, 6) is 0.277. The topological polar surface area (TPSA) is 126 Å². The van der Waals surface area contributed by atoms with Crippen LogP contribution >= 0.6 is 0 Å². The number of nitrogens with zero attached hydrogens (tertiary/aromatic N) is 2. The highest BCUT2D eigenvalue weighted by Gasteiger charge is 2.45. The molecule has 0 saturated carbocycles. The van der Waals surface area contributed by atoms with Gasteiger partial charge in [-0.15, -0.1) is 0 Å². The number of nitrogen functional groups attached to an aromatic ring is 1. The average Bonchev–Trinajstić information content (AvgIpc) is 3.35. The van der Waals surface area contributed by atoms with E-state index in [4.69, 9.17) is 24.9 Å². The lowest BCUT2D eigenvalue weighted by atomic mass is 9.86. The lowest BCUT2D eigenvalue weighted by Gasteiger charge is -2.31. The molecule has 1 atom stereocenters. The second-order valence-electron chi connectivity index (χ2n) is 7.69. The number of pyridine rings is 2. The first-order valence-corrected chi connectivity index (χ1v) is 9.61. The lowest BCUT2D eigenvalue weighted by Crippen LogP contribution is -2.44. The summed E-state index contributed by atoms with van der Waals surface area (Å²) in [4.78, 5) is 30.2. The molecule has 0 aliphatic carbocycles. The molecule has 3 N–H and O–H groups in total. The van der Waals surface area contributed by atoms with Gasteiger partial charge in [-0.05, 0) is 18.6 Å². The van der Waals surface area contributed by atoms with Gasteiger partial charge in [0.25, 0.3) is 5.56 Å². The number of aromatic nitrogens is 2. The minimum atomic E-state index is -1.85. The van der Waals surface area contributed by atoms with E-state index in [0.29, 0.717) is 51.6 Å². The standard InChI is InChI=1S/C21H17N3O6/c1-2-21(27)12-4-14-17-9(6-24(14)19(25)11(12)7-28-20(21)26)3-10-13(23-17)5-15-18(16(10)22)30-8-29-15/h3-5,27H,2,6-8,22H2,1H3/t21-/m1/s1. The summed E-state index contributed by atoms with van der Waals surface area (Å²) in [6.45, 7) is 1.93. The van der Waals surface area contributed by atoms with Gasteiger partial charge < -0.3 is 29.6 Å². The van der Waals surface area contributed by atoms with Gasteiger partial charge in [-0.25, -0.2) is 9.78 Å². The van der Waals surface area contributed by atoms with Gasteiger partial charge in [0.05, 0.1) is 34.7 Å². The van der Waals surface area contributed by atoms with Crippen molar-refractivity contribution in [3.8, 4) is 22.9 Å². The van der Waals surface area contributed by atoms with Crippen molar-refractivity contribution < 1.29 is 24.1 Å². The van der Waals surface area contributed by atoms with E-state index in [1.807, 2.05) is 6.07 Å². The fourth-order valence-corrected chi connectivity index (χ4v) is 4.51. The monoisotopic (exact) mass is 407 g/mol. The molecule has 0 spiro atoms. The van der Waals surface area contributed by atoms with E-state index >= 15 is 0 Å². The van der Waals surface area contributed by atoms with Gasteiger partial charge in [-0.1, -0.05) is 6.92 Å². The Morgan fingerprint density at radius 1 is 1.23 bits per heavy atom. The van der Waals surface area contributed by atoms with Crippen molar-refractivity contribution in [3.63, 3.8) is 0 Å². The molecule has 0 amide bonds. The SMILES string of the molecule is CC[C@]1(O)C(=O)OCc2c1cc1n(c2=O)Cc2cc3c(N)c4c(cc3nc2-1)OCO4. The summed E-state index contributed by atoms with van der Waals surface area (Å²) in [5, 5.41) is 11.6. The maximum absolute atomic E-state index is 13.2. The van der Waals surface area contributed by atoms with Gasteiger partial charge in [0.2, 0.25) is 6.79 Å². The fraction of sp³-hybridized carbons (Fsp3) is 0.286. The molecule has 1 aromatic carbocycles. The number of hydrogen-bond acceptors (Lipinski definition) is 8. The van der Waals surface area contributed by atoms with E-state index in [2.05, 4.69) is 0 Å². The number of carbonyl (C=O) groups is 1. The molecule has 3 aliphatic heterocycles. The average molecular weight is 407 g/mol. The van der Waals surface area contributed by atoms with E-state index < -0.39 is 11.6 Å². The molecule has 3 aliphatic rings. The predicted molar refractivity (Wildman–Crippen MR) is 105 cm³/mol.